The highest BCUT2D eigenvalue weighted by Crippen LogP contribution is 2.31. The summed E-state index contributed by atoms with van der Waals surface area (Å²) in [5, 5.41) is 2.72. The molecule has 1 aromatic heterocycles. The maximum atomic E-state index is 13.6. The van der Waals surface area contributed by atoms with Crippen molar-refractivity contribution in [2.75, 3.05) is 37.6 Å². The van der Waals surface area contributed by atoms with E-state index in [-0.39, 0.29) is 31.1 Å². The zero-order valence-corrected chi connectivity index (χ0v) is 21.2. The molecule has 0 atom stereocenters. The Balaban J connectivity index is 1.46. The van der Waals surface area contributed by atoms with Gasteiger partial charge in [0.2, 0.25) is 5.91 Å². The van der Waals surface area contributed by atoms with Gasteiger partial charge in [-0.1, -0.05) is 54.6 Å². The number of alkyl halides is 3. The molecule has 1 aliphatic rings. The van der Waals surface area contributed by atoms with E-state index in [1.165, 1.54) is 6.07 Å². The maximum absolute atomic E-state index is 13.6. The number of benzene rings is 3. The minimum absolute atomic E-state index is 0.115. The number of para-hydroxylation sites is 2. The normalized spacial score (nSPS) is 14.4. The van der Waals surface area contributed by atoms with Gasteiger partial charge in [0.15, 0.2) is 0 Å². The van der Waals surface area contributed by atoms with Gasteiger partial charge in [0, 0.05) is 44.0 Å². The summed E-state index contributed by atoms with van der Waals surface area (Å²) in [7, 11) is 0. The molecular weight excluding hydrogens is 507 g/mol. The van der Waals surface area contributed by atoms with Crippen LogP contribution in [0.3, 0.4) is 0 Å². The summed E-state index contributed by atoms with van der Waals surface area (Å²) in [6.07, 6.45) is -4.74. The van der Waals surface area contributed by atoms with E-state index in [0.29, 0.717) is 37.6 Å². The lowest BCUT2D eigenvalue weighted by Crippen LogP contribution is -2.48. The molecule has 0 bridgehead atoms. The summed E-state index contributed by atoms with van der Waals surface area (Å²) in [4.78, 5) is 31.6. The summed E-state index contributed by atoms with van der Waals surface area (Å²) >= 11 is 0. The Morgan fingerprint density at radius 2 is 1.77 bits per heavy atom. The van der Waals surface area contributed by atoms with Crippen LogP contribution in [0.4, 0.5) is 18.9 Å². The highest BCUT2D eigenvalue weighted by Gasteiger charge is 2.43. The lowest BCUT2D eigenvalue weighted by atomic mass is 10.1. The number of aromatic nitrogens is 2. The van der Waals surface area contributed by atoms with E-state index in [2.05, 4.69) is 5.32 Å². The first kappa shape index (κ1) is 26.4. The number of hydrogen-bond donors (Lipinski definition) is 1. The molecule has 2 amide bonds. The molecule has 10 heteroatoms. The fourth-order valence-corrected chi connectivity index (χ4v) is 4.87. The summed E-state index contributed by atoms with van der Waals surface area (Å²) in [5.41, 5.74) is 3.47. The molecule has 5 rings (SSSR count). The van der Waals surface area contributed by atoms with Gasteiger partial charge in [0.25, 0.3) is 0 Å². The van der Waals surface area contributed by atoms with E-state index < -0.39 is 12.1 Å². The number of amides is 2. The molecule has 3 aromatic carbocycles. The van der Waals surface area contributed by atoms with E-state index in [4.69, 9.17) is 4.98 Å². The highest BCUT2D eigenvalue weighted by atomic mass is 19.4. The Bertz CT molecular complexity index is 1470. The molecule has 0 radical (unpaired) electrons. The van der Waals surface area contributed by atoms with Crippen molar-refractivity contribution in [3.05, 3.63) is 84.4 Å². The minimum Gasteiger partial charge on any atom is -0.354 e. The van der Waals surface area contributed by atoms with Crippen LogP contribution >= 0.6 is 0 Å². The molecular formula is C29H28F3N5O2. The number of rotatable bonds is 8. The Kier molecular flexibility index (Phi) is 7.65. The number of nitrogens with one attached hydrogen (secondary N) is 1. The number of carbonyl (C=O) groups excluding carboxylic acids is 2. The zero-order chi connectivity index (χ0) is 27.4. The number of anilines is 1. The van der Waals surface area contributed by atoms with Crippen molar-refractivity contribution >= 4 is 28.5 Å². The van der Waals surface area contributed by atoms with Gasteiger partial charge in [-0.05, 0) is 36.2 Å². The Morgan fingerprint density at radius 3 is 2.54 bits per heavy atom. The highest BCUT2D eigenvalue weighted by molar-refractivity contribution is 5.98. The Hall–Kier alpha value is -4.18. The molecule has 2 heterocycles. The smallest absolute Gasteiger partial charge is 0.354 e. The second-order valence-electron chi connectivity index (χ2n) is 9.48. The Morgan fingerprint density at radius 1 is 1.00 bits per heavy atom. The Labute approximate surface area is 223 Å². The third-order valence-corrected chi connectivity index (χ3v) is 6.72. The van der Waals surface area contributed by atoms with Crippen LogP contribution in [0.15, 0.2) is 78.9 Å². The molecule has 1 fully saturated rings. The molecule has 0 aliphatic carbocycles. The van der Waals surface area contributed by atoms with Crippen LogP contribution in [0.25, 0.3) is 22.4 Å². The van der Waals surface area contributed by atoms with Crippen molar-refractivity contribution in [2.24, 2.45) is 0 Å². The molecule has 4 aromatic rings. The predicted molar refractivity (Wildman–Crippen MR) is 143 cm³/mol. The van der Waals surface area contributed by atoms with Crippen LogP contribution in [0.1, 0.15) is 12.0 Å². The number of hydrogen-bond acceptors (Lipinski definition) is 4. The summed E-state index contributed by atoms with van der Waals surface area (Å²) < 4.78 is 42.9. The van der Waals surface area contributed by atoms with Crippen molar-refractivity contribution in [1.29, 1.82) is 0 Å². The van der Waals surface area contributed by atoms with Crippen LogP contribution in [-0.2, 0) is 16.1 Å². The molecule has 1 saturated heterocycles. The lowest BCUT2D eigenvalue weighted by molar-refractivity contribution is -0.170. The average Bonchev–Trinajstić information content (AvgIpc) is 3.29. The molecule has 0 saturated carbocycles. The minimum atomic E-state index is -5.03. The molecule has 1 aliphatic heterocycles. The van der Waals surface area contributed by atoms with Crippen molar-refractivity contribution in [2.45, 2.75) is 19.1 Å². The summed E-state index contributed by atoms with van der Waals surface area (Å²) in [6, 6.07) is 24.0. The van der Waals surface area contributed by atoms with E-state index in [1.807, 2.05) is 64.1 Å². The van der Waals surface area contributed by atoms with E-state index in [9.17, 15) is 22.8 Å². The topological polar surface area (TPSA) is 70.5 Å². The molecule has 7 nitrogen and oxygen atoms in total. The first-order chi connectivity index (χ1) is 18.8. The summed E-state index contributed by atoms with van der Waals surface area (Å²) in [6.45, 7) is 2.10. The number of nitrogens with zero attached hydrogens (tertiary/aromatic N) is 4. The van der Waals surface area contributed by atoms with Crippen molar-refractivity contribution in [3.8, 4) is 11.4 Å². The number of piperazine rings is 1. The van der Waals surface area contributed by atoms with Gasteiger partial charge in [-0.2, -0.15) is 13.2 Å². The van der Waals surface area contributed by atoms with Gasteiger partial charge in [0.1, 0.15) is 5.82 Å². The molecule has 0 unspecified atom stereocenters. The van der Waals surface area contributed by atoms with Gasteiger partial charge in [0.05, 0.1) is 17.6 Å². The van der Waals surface area contributed by atoms with E-state index in [1.54, 1.807) is 18.2 Å². The van der Waals surface area contributed by atoms with Gasteiger partial charge in [-0.25, -0.2) is 4.98 Å². The van der Waals surface area contributed by atoms with E-state index in [0.717, 1.165) is 21.5 Å². The number of fused-ring (bicyclic) bond motifs is 1. The standard InChI is InChI=1S/C29H28F3N5O2/c30-29(31,32)28(39)36(16-7-15-35-17-14-33-26(38)20-35)23-11-6-10-22(18-23)27-34-24-12-4-5-13-25(24)37(27)19-21-8-2-1-3-9-21/h1-6,8-13,18H,7,14-17,19-20H2,(H,33,38). The van der Waals surface area contributed by atoms with Crippen LogP contribution in [0.5, 0.6) is 0 Å². The predicted octanol–water partition coefficient (Wildman–Crippen LogP) is 4.47. The third-order valence-electron chi connectivity index (χ3n) is 6.72. The fraction of sp³-hybridized carbons (Fsp3) is 0.276. The van der Waals surface area contributed by atoms with Gasteiger partial charge >= 0.3 is 12.1 Å². The van der Waals surface area contributed by atoms with Gasteiger partial charge < -0.3 is 14.8 Å². The number of halogens is 3. The first-order valence-corrected chi connectivity index (χ1v) is 12.8. The van der Waals surface area contributed by atoms with Gasteiger partial charge in [-0.15, -0.1) is 0 Å². The molecule has 39 heavy (non-hydrogen) atoms. The maximum Gasteiger partial charge on any atom is 0.471 e. The van der Waals surface area contributed by atoms with Crippen molar-refractivity contribution < 1.29 is 22.8 Å². The SMILES string of the molecule is O=C1CN(CCCN(C(=O)C(F)(F)F)c2cccc(-c3nc4ccccc4n3Cc3ccccc3)c2)CCN1. The second-order valence-corrected chi connectivity index (χ2v) is 9.48. The molecule has 1 N–H and O–H groups in total. The largest absolute Gasteiger partial charge is 0.471 e. The average molecular weight is 536 g/mol. The second kappa shape index (κ2) is 11.3. The van der Waals surface area contributed by atoms with Crippen molar-refractivity contribution in [3.63, 3.8) is 0 Å². The molecule has 0 spiro atoms. The van der Waals surface area contributed by atoms with Crippen LogP contribution in [-0.4, -0.2) is 65.2 Å². The lowest BCUT2D eigenvalue weighted by Gasteiger charge is -2.28. The molecule has 202 valence electrons. The first-order valence-electron chi connectivity index (χ1n) is 12.8. The third kappa shape index (κ3) is 6.12. The number of carbonyl (C=O) groups is 2. The number of imidazole rings is 1. The van der Waals surface area contributed by atoms with Crippen molar-refractivity contribution in [1.82, 2.24) is 19.8 Å². The van der Waals surface area contributed by atoms with Crippen LogP contribution in [0, 0.1) is 0 Å². The van der Waals surface area contributed by atoms with E-state index >= 15 is 0 Å². The quantitative estimate of drug-likeness (QED) is 0.362. The zero-order valence-electron chi connectivity index (χ0n) is 21.2. The van der Waals surface area contributed by atoms with Crippen LogP contribution < -0.4 is 10.2 Å². The van der Waals surface area contributed by atoms with Gasteiger partial charge in [-0.3, -0.25) is 14.5 Å². The fourth-order valence-electron chi connectivity index (χ4n) is 4.87. The van der Waals surface area contributed by atoms with Crippen LogP contribution in [0.2, 0.25) is 0 Å². The monoisotopic (exact) mass is 535 g/mol. The summed E-state index contributed by atoms with van der Waals surface area (Å²) in [5.74, 6) is -1.44.